The molecule has 218 valence electrons. The molecule has 16 heteroatoms. The number of nitrogens with zero attached hydrogens (tertiary/aromatic N) is 2. The molecule has 0 aromatic carbocycles. The normalized spacial score (nSPS) is 13.9. The molecule has 12 N–H and O–H groups in total. The van der Waals surface area contributed by atoms with Gasteiger partial charge in [-0.05, 0) is 31.6 Å². The number of imidazole rings is 1. The average molecular weight is 554 g/mol. The molecular formula is C23H39N9O7. The quantitative estimate of drug-likeness (QED) is 0.0533. The van der Waals surface area contributed by atoms with Crippen LogP contribution in [-0.4, -0.2) is 86.5 Å². The van der Waals surface area contributed by atoms with Crippen LogP contribution in [0.2, 0.25) is 0 Å². The van der Waals surface area contributed by atoms with Crippen molar-refractivity contribution in [2.75, 3.05) is 6.54 Å². The Morgan fingerprint density at radius 2 is 1.56 bits per heavy atom. The van der Waals surface area contributed by atoms with Crippen LogP contribution >= 0.6 is 0 Å². The zero-order valence-electron chi connectivity index (χ0n) is 22.1. The standard InChI is InChI=1S/C23H39N9O7/c1-12(2)8-17(22(38)39)32-21(37)16(5-6-18(33)34)31-20(36)15(4-3-7-28-23(25)26)30-19(35)14(24)9-13-10-27-11-29-13/h10-12,14-17H,3-9,24H2,1-2H3,(H,27,29)(H,30,35)(H,31,36)(H,32,37)(H,33,34)(H,38,39)(H4,25,26,28). The van der Waals surface area contributed by atoms with Gasteiger partial charge in [-0.1, -0.05) is 13.8 Å². The number of hydrogen-bond acceptors (Lipinski definition) is 8. The van der Waals surface area contributed by atoms with Gasteiger partial charge in [0.1, 0.15) is 18.1 Å². The van der Waals surface area contributed by atoms with Crippen LogP contribution in [0.15, 0.2) is 17.5 Å². The first-order valence-corrected chi connectivity index (χ1v) is 12.4. The van der Waals surface area contributed by atoms with Crippen molar-refractivity contribution in [2.45, 2.75) is 76.5 Å². The van der Waals surface area contributed by atoms with E-state index in [1.165, 1.54) is 12.5 Å². The molecule has 0 radical (unpaired) electrons. The van der Waals surface area contributed by atoms with Crippen molar-refractivity contribution in [1.82, 2.24) is 25.9 Å². The van der Waals surface area contributed by atoms with E-state index in [4.69, 9.17) is 22.3 Å². The van der Waals surface area contributed by atoms with Gasteiger partial charge in [0.15, 0.2) is 5.96 Å². The highest BCUT2D eigenvalue weighted by molar-refractivity contribution is 5.94. The van der Waals surface area contributed by atoms with E-state index in [9.17, 15) is 29.1 Å². The van der Waals surface area contributed by atoms with E-state index in [-0.39, 0.29) is 50.5 Å². The van der Waals surface area contributed by atoms with E-state index in [0.29, 0.717) is 5.69 Å². The van der Waals surface area contributed by atoms with E-state index in [2.05, 4.69) is 30.9 Å². The summed E-state index contributed by atoms with van der Waals surface area (Å²) in [7, 11) is 0. The Kier molecular flexibility index (Phi) is 14.0. The summed E-state index contributed by atoms with van der Waals surface area (Å²) >= 11 is 0. The second-order valence-corrected chi connectivity index (χ2v) is 9.42. The number of nitrogens with two attached hydrogens (primary N) is 3. The van der Waals surface area contributed by atoms with Crippen LogP contribution in [0.5, 0.6) is 0 Å². The van der Waals surface area contributed by atoms with Crippen molar-refractivity contribution >= 4 is 35.6 Å². The van der Waals surface area contributed by atoms with E-state index in [1.807, 2.05) is 0 Å². The summed E-state index contributed by atoms with van der Waals surface area (Å²) in [6.45, 7) is 3.71. The molecule has 0 bridgehead atoms. The van der Waals surface area contributed by atoms with Gasteiger partial charge >= 0.3 is 11.9 Å². The summed E-state index contributed by atoms with van der Waals surface area (Å²) in [4.78, 5) is 72.1. The van der Waals surface area contributed by atoms with Crippen molar-refractivity contribution in [3.63, 3.8) is 0 Å². The van der Waals surface area contributed by atoms with Crippen molar-refractivity contribution in [1.29, 1.82) is 0 Å². The number of nitrogens with one attached hydrogen (secondary N) is 4. The predicted octanol–water partition coefficient (Wildman–Crippen LogP) is -2.22. The molecular weight excluding hydrogens is 514 g/mol. The van der Waals surface area contributed by atoms with E-state index in [1.54, 1.807) is 13.8 Å². The van der Waals surface area contributed by atoms with Crippen molar-refractivity contribution in [3.05, 3.63) is 18.2 Å². The number of aliphatic imine (C=N–C) groups is 1. The lowest BCUT2D eigenvalue weighted by atomic mass is 10.0. The fraction of sp³-hybridized carbons (Fsp3) is 0.609. The Labute approximate surface area is 225 Å². The Bertz CT molecular complexity index is 994. The summed E-state index contributed by atoms with van der Waals surface area (Å²) in [6.07, 6.45) is 2.71. The Morgan fingerprint density at radius 3 is 2.08 bits per heavy atom. The lowest BCUT2D eigenvalue weighted by Crippen LogP contribution is -2.57. The number of carbonyl (C=O) groups excluding carboxylic acids is 3. The van der Waals surface area contributed by atoms with Crippen LogP contribution in [0.4, 0.5) is 0 Å². The Balaban J connectivity index is 3.04. The summed E-state index contributed by atoms with van der Waals surface area (Å²) in [5.74, 6) is -5.00. The number of aromatic amines is 1. The van der Waals surface area contributed by atoms with Gasteiger partial charge in [-0.3, -0.25) is 24.2 Å². The smallest absolute Gasteiger partial charge is 0.326 e. The number of rotatable bonds is 18. The van der Waals surface area contributed by atoms with Gasteiger partial charge in [0.25, 0.3) is 0 Å². The van der Waals surface area contributed by atoms with Crippen LogP contribution in [0.1, 0.15) is 51.6 Å². The SMILES string of the molecule is CC(C)CC(NC(=O)C(CCC(=O)O)NC(=O)C(CCCN=C(N)N)NC(=O)C(N)Cc1cnc[nH]1)C(=O)O. The van der Waals surface area contributed by atoms with E-state index < -0.39 is 60.2 Å². The zero-order valence-corrected chi connectivity index (χ0v) is 22.1. The van der Waals surface area contributed by atoms with Gasteiger partial charge in [0.2, 0.25) is 17.7 Å². The molecule has 4 unspecified atom stereocenters. The summed E-state index contributed by atoms with van der Waals surface area (Å²) in [5, 5.41) is 25.9. The van der Waals surface area contributed by atoms with Crippen LogP contribution in [0.25, 0.3) is 0 Å². The predicted molar refractivity (Wildman–Crippen MR) is 140 cm³/mol. The molecule has 1 aromatic rings. The molecule has 3 amide bonds. The third kappa shape index (κ3) is 13.2. The van der Waals surface area contributed by atoms with Gasteiger partial charge in [-0.15, -0.1) is 0 Å². The van der Waals surface area contributed by atoms with E-state index >= 15 is 0 Å². The average Bonchev–Trinajstić information content (AvgIpc) is 3.35. The summed E-state index contributed by atoms with van der Waals surface area (Å²) in [6, 6.07) is -4.82. The minimum Gasteiger partial charge on any atom is -0.481 e. The molecule has 0 aliphatic heterocycles. The van der Waals surface area contributed by atoms with Crippen LogP contribution in [0.3, 0.4) is 0 Å². The number of carboxylic acid groups (broad SMARTS) is 2. The first-order chi connectivity index (χ1) is 18.3. The highest BCUT2D eigenvalue weighted by atomic mass is 16.4. The van der Waals surface area contributed by atoms with Crippen LogP contribution in [-0.2, 0) is 30.4 Å². The number of amides is 3. The topological polar surface area (TPSA) is 281 Å². The van der Waals surface area contributed by atoms with Gasteiger partial charge in [-0.25, -0.2) is 9.78 Å². The molecule has 0 spiro atoms. The maximum absolute atomic E-state index is 13.2. The molecule has 1 heterocycles. The first-order valence-electron chi connectivity index (χ1n) is 12.4. The number of guanidine groups is 1. The number of carboxylic acids is 2. The number of hydrogen-bond donors (Lipinski definition) is 9. The highest BCUT2D eigenvalue weighted by Gasteiger charge is 2.31. The Morgan fingerprint density at radius 1 is 0.974 bits per heavy atom. The van der Waals surface area contributed by atoms with E-state index in [0.717, 1.165) is 0 Å². The van der Waals surface area contributed by atoms with Crippen molar-refractivity contribution in [2.24, 2.45) is 28.1 Å². The molecule has 4 atom stereocenters. The second kappa shape index (κ2) is 16.6. The first kappa shape index (κ1) is 32.8. The van der Waals surface area contributed by atoms with Gasteiger partial charge in [0.05, 0.1) is 12.4 Å². The number of H-pyrrole nitrogens is 1. The summed E-state index contributed by atoms with van der Waals surface area (Å²) < 4.78 is 0. The fourth-order valence-electron chi connectivity index (χ4n) is 3.55. The minimum atomic E-state index is -1.38. The number of aromatic nitrogens is 2. The molecule has 0 aliphatic carbocycles. The molecule has 0 saturated heterocycles. The Hall–Kier alpha value is -4.21. The lowest BCUT2D eigenvalue weighted by molar-refractivity contribution is -0.143. The molecule has 0 saturated carbocycles. The van der Waals surface area contributed by atoms with Gasteiger partial charge in [0, 0.05) is 31.3 Å². The van der Waals surface area contributed by atoms with Crippen LogP contribution in [0, 0.1) is 5.92 Å². The molecule has 16 nitrogen and oxygen atoms in total. The molecule has 0 fully saturated rings. The monoisotopic (exact) mass is 553 g/mol. The second-order valence-electron chi connectivity index (χ2n) is 9.42. The largest absolute Gasteiger partial charge is 0.481 e. The molecule has 0 aliphatic rings. The molecule has 1 aromatic heterocycles. The minimum absolute atomic E-state index is 0.0590. The maximum atomic E-state index is 13.2. The maximum Gasteiger partial charge on any atom is 0.326 e. The third-order valence-electron chi connectivity index (χ3n) is 5.51. The van der Waals surface area contributed by atoms with Gasteiger partial charge in [-0.2, -0.15) is 0 Å². The number of carbonyl (C=O) groups is 5. The third-order valence-corrected chi connectivity index (χ3v) is 5.51. The lowest BCUT2D eigenvalue weighted by Gasteiger charge is -2.25. The van der Waals surface area contributed by atoms with Gasteiger partial charge < -0.3 is 48.3 Å². The molecule has 1 rings (SSSR count). The number of aliphatic carboxylic acids is 2. The molecule has 39 heavy (non-hydrogen) atoms. The van der Waals surface area contributed by atoms with Crippen molar-refractivity contribution < 1.29 is 34.2 Å². The fourth-order valence-corrected chi connectivity index (χ4v) is 3.55. The zero-order chi connectivity index (χ0) is 29.5. The summed E-state index contributed by atoms with van der Waals surface area (Å²) in [5.41, 5.74) is 17.2. The van der Waals surface area contributed by atoms with Crippen LogP contribution < -0.4 is 33.2 Å². The highest BCUT2D eigenvalue weighted by Crippen LogP contribution is 2.08. The van der Waals surface area contributed by atoms with Crippen molar-refractivity contribution in [3.8, 4) is 0 Å².